The zero-order valence-electron chi connectivity index (χ0n) is 15.4. The van der Waals surface area contributed by atoms with Crippen LogP contribution in [0.2, 0.25) is 0 Å². The minimum absolute atomic E-state index is 0.181. The first kappa shape index (κ1) is 28.7. The van der Waals surface area contributed by atoms with Crippen LogP contribution >= 0.6 is 90.4 Å². The lowest BCUT2D eigenvalue weighted by Gasteiger charge is -2.13. The van der Waals surface area contributed by atoms with Gasteiger partial charge < -0.3 is 9.47 Å². The van der Waals surface area contributed by atoms with Crippen molar-refractivity contribution in [1.29, 1.82) is 0 Å². The number of ether oxygens (including phenoxy) is 2. The number of nitrogens with zero attached hydrogens (tertiary/aromatic N) is 1. The lowest BCUT2D eigenvalue weighted by molar-refractivity contribution is -0.385. The molecule has 0 saturated heterocycles. The van der Waals surface area contributed by atoms with Gasteiger partial charge >= 0.3 is 27.3 Å². The second-order valence-electron chi connectivity index (χ2n) is 5.86. The van der Waals surface area contributed by atoms with E-state index in [2.05, 4.69) is 27.3 Å². The van der Waals surface area contributed by atoms with Gasteiger partial charge in [0.05, 0.1) is 10.5 Å². The van der Waals surface area contributed by atoms with E-state index in [1.165, 1.54) is 0 Å². The van der Waals surface area contributed by atoms with E-state index < -0.39 is 50.1 Å². The van der Waals surface area contributed by atoms with Gasteiger partial charge in [-0.3, -0.25) is 14.7 Å². The maximum Gasteiger partial charge on any atom is 0.402 e. The summed E-state index contributed by atoms with van der Waals surface area (Å²) in [6.45, 7) is -2.09. The van der Waals surface area contributed by atoms with E-state index in [0.717, 1.165) is 28.9 Å². The summed E-state index contributed by atoms with van der Waals surface area (Å²) in [5, 5.41) is 6.36. The number of benzene rings is 2. The van der Waals surface area contributed by atoms with Crippen molar-refractivity contribution in [3.05, 3.63) is 59.8 Å². The summed E-state index contributed by atoms with van der Waals surface area (Å²) in [5.74, 6) is -2.88. The lowest BCUT2D eigenvalue weighted by atomic mass is 10.1. The lowest BCUT2D eigenvalue weighted by Crippen LogP contribution is -2.34. The summed E-state index contributed by atoms with van der Waals surface area (Å²) in [7, 11) is -5.89. The second-order valence-corrected chi connectivity index (χ2v) is 11.8. The number of nitro groups is 1. The van der Waals surface area contributed by atoms with Crippen LogP contribution < -0.4 is 4.74 Å². The molecular weight excluding hydrogens is 928 g/mol. The SMILES string of the molecule is O=C(OCC(F)(F)S(=O)(=O)O)c1cc(OC(=O)c2cc(I)c(I)c(I)c2I)ccc1[N+](=O)[O-]. The maximum atomic E-state index is 13.3. The van der Waals surface area contributed by atoms with Gasteiger partial charge in [-0.2, -0.15) is 17.2 Å². The van der Waals surface area contributed by atoms with Crippen molar-refractivity contribution >= 4 is 118 Å². The molecule has 2 aromatic carbocycles. The third-order valence-corrected chi connectivity index (χ3v) is 11.8. The minimum atomic E-state index is -5.89. The third-order valence-electron chi connectivity index (χ3n) is 3.67. The normalized spacial score (nSPS) is 11.7. The molecule has 10 nitrogen and oxygen atoms in total. The number of hydrogen-bond acceptors (Lipinski definition) is 8. The molecule has 178 valence electrons. The first-order valence-electron chi connectivity index (χ1n) is 7.92. The summed E-state index contributed by atoms with van der Waals surface area (Å²) in [4.78, 5) is 35.0. The van der Waals surface area contributed by atoms with Gasteiger partial charge in [-0.1, -0.05) is 0 Å². The van der Waals surface area contributed by atoms with Crippen LogP contribution in [0.25, 0.3) is 0 Å². The fourth-order valence-electron chi connectivity index (χ4n) is 2.09. The molecule has 0 aromatic heterocycles. The molecule has 0 aliphatic carbocycles. The van der Waals surface area contributed by atoms with Crippen molar-refractivity contribution in [3.63, 3.8) is 0 Å². The number of rotatable bonds is 7. The molecule has 0 saturated carbocycles. The van der Waals surface area contributed by atoms with E-state index >= 15 is 0 Å². The monoisotopic (exact) mass is 935 g/mol. The fourth-order valence-corrected chi connectivity index (χ4v) is 5.56. The van der Waals surface area contributed by atoms with Gasteiger partial charge in [-0.15, -0.1) is 0 Å². The van der Waals surface area contributed by atoms with E-state index in [1.807, 2.05) is 67.8 Å². The molecule has 0 fully saturated rings. The number of alkyl halides is 2. The summed E-state index contributed by atoms with van der Waals surface area (Å²) < 4.78 is 68.7. The minimum Gasteiger partial charge on any atom is -0.454 e. The molecule has 0 aliphatic rings. The van der Waals surface area contributed by atoms with Crippen LogP contribution in [-0.2, 0) is 14.9 Å². The second kappa shape index (κ2) is 11.0. The highest BCUT2D eigenvalue weighted by molar-refractivity contribution is 14.1. The van der Waals surface area contributed by atoms with Gasteiger partial charge in [-0.25, -0.2) is 9.59 Å². The Morgan fingerprint density at radius 1 is 1.03 bits per heavy atom. The molecule has 17 heteroatoms. The van der Waals surface area contributed by atoms with Crippen LogP contribution in [0.15, 0.2) is 24.3 Å². The number of esters is 2. The number of carbonyl (C=O) groups excluding carboxylic acids is 2. The van der Waals surface area contributed by atoms with Crippen LogP contribution in [0.3, 0.4) is 0 Å². The molecule has 0 atom stereocenters. The van der Waals surface area contributed by atoms with Crippen molar-refractivity contribution in [2.75, 3.05) is 6.61 Å². The average molecular weight is 935 g/mol. The van der Waals surface area contributed by atoms with E-state index in [9.17, 15) is 36.9 Å². The zero-order chi connectivity index (χ0) is 25.3. The van der Waals surface area contributed by atoms with Crippen LogP contribution in [0.5, 0.6) is 5.75 Å². The molecule has 0 amide bonds. The maximum absolute atomic E-state index is 13.3. The van der Waals surface area contributed by atoms with Crippen LogP contribution in [0, 0.1) is 24.4 Å². The Morgan fingerprint density at radius 3 is 2.18 bits per heavy atom. The summed E-state index contributed by atoms with van der Waals surface area (Å²) >= 11 is 8.11. The van der Waals surface area contributed by atoms with Crippen molar-refractivity contribution in [1.82, 2.24) is 0 Å². The quantitative estimate of drug-likeness (QED) is 0.0600. The summed E-state index contributed by atoms with van der Waals surface area (Å²) in [6.07, 6.45) is 0. The van der Waals surface area contributed by atoms with Gasteiger partial charge in [0.2, 0.25) is 0 Å². The molecule has 0 spiro atoms. The van der Waals surface area contributed by atoms with Crippen LogP contribution in [0.1, 0.15) is 20.7 Å². The molecule has 0 aliphatic heterocycles. The van der Waals surface area contributed by atoms with E-state index in [0.29, 0.717) is 3.57 Å². The zero-order valence-corrected chi connectivity index (χ0v) is 24.8. The Bertz CT molecular complexity index is 1270. The Hall–Kier alpha value is -0.530. The van der Waals surface area contributed by atoms with Crippen LogP contribution in [-0.4, -0.2) is 41.7 Å². The van der Waals surface area contributed by atoms with E-state index in [-0.39, 0.29) is 11.3 Å². The fraction of sp³-hybridized carbons (Fsp3) is 0.125. The number of carbonyl (C=O) groups is 2. The largest absolute Gasteiger partial charge is 0.454 e. The topological polar surface area (TPSA) is 150 Å². The molecular formula is C16H7F2I4NO9S. The predicted octanol–water partition coefficient (Wildman–Crippen LogP) is 4.87. The van der Waals surface area contributed by atoms with Gasteiger partial charge in [-0.05, 0) is 102 Å². The van der Waals surface area contributed by atoms with Crippen molar-refractivity contribution < 1.29 is 45.7 Å². The highest BCUT2D eigenvalue weighted by Crippen LogP contribution is 2.31. The van der Waals surface area contributed by atoms with Gasteiger partial charge in [0.15, 0.2) is 6.61 Å². The molecule has 1 N–H and O–H groups in total. The molecule has 0 heterocycles. The van der Waals surface area contributed by atoms with Gasteiger partial charge in [0.1, 0.15) is 11.3 Å². The Labute approximate surface area is 238 Å². The van der Waals surface area contributed by atoms with Gasteiger partial charge in [0, 0.05) is 26.4 Å². The third kappa shape index (κ3) is 6.78. The first-order chi connectivity index (χ1) is 15.1. The average Bonchev–Trinajstić information content (AvgIpc) is 2.71. The highest BCUT2D eigenvalue weighted by atomic mass is 127. The van der Waals surface area contributed by atoms with Gasteiger partial charge in [0.25, 0.3) is 5.69 Å². The Balaban J connectivity index is 2.37. The Kier molecular flexibility index (Phi) is 9.59. The first-order valence-corrected chi connectivity index (χ1v) is 13.7. The van der Waals surface area contributed by atoms with Crippen molar-refractivity contribution in [2.45, 2.75) is 5.25 Å². The molecule has 2 rings (SSSR count). The summed E-state index contributed by atoms with van der Waals surface area (Å²) in [5.41, 5.74) is -1.57. The number of hydrogen-bond donors (Lipinski definition) is 1. The van der Waals surface area contributed by atoms with E-state index in [4.69, 9.17) is 9.29 Å². The van der Waals surface area contributed by atoms with E-state index in [1.54, 1.807) is 6.07 Å². The predicted molar refractivity (Wildman–Crippen MR) is 142 cm³/mol. The summed E-state index contributed by atoms with van der Waals surface area (Å²) in [6, 6.07) is 4.08. The molecule has 2 aromatic rings. The highest BCUT2D eigenvalue weighted by Gasteiger charge is 2.46. The number of halogens is 6. The van der Waals surface area contributed by atoms with Crippen molar-refractivity contribution in [2.24, 2.45) is 0 Å². The van der Waals surface area contributed by atoms with Crippen molar-refractivity contribution in [3.8, 4) is 5.75 Å². The Morgan fingerprint density at radius 2 is 1.64 bits per heavy atom. The molecule has 0 unspecified atom stereocenters. The molecule has 0 bridgehead atoms. The standard InChI is InChI=1S/C16H7F2I4NO9S/c17-16(18,33(28,29)30)5-31-14(24)7-3-6(1-2-10(7)23(26)27)32-15(25)8-4-9(19)12(21)13(22)11(8)20/h1-4H,5H2,(H,28,29,30). The molecule has 0 radical (unpaired) electrons. The molecule has 33 heavy (non-hydrogen) atoms. The van der Waals surface area contributed by atoms with Crippen LogP contribution in [0.4, 0.5) is 14.5 Å². The smallest absolute Gasteiger partial charge is 0.402 e. The number of nitro benzene ring substituents is 1.